The van der Waals surface area contributed by atoms with Crippen molar-refractivity contribution >= 4 is 17.5 Å². The zero-order valence-corrected chi connectivity index (χ0v) is 14.4. The molecule has 0 saturated carbocycles. The lowest BCUT2D eigenvalue weighted by Crippen LogP contribution is -2.43. The molecule has 2 amide bonds. The summed E-state index contributed by atoms with van der Waals surface area (Å²) in [7, 11) is 0. The summed E-state index contributed by atoms with van der Waals surface area (Å²) in [6.07, 6.45) is 3.09. The summed E-state index contributed by atoms with van der Waals surface area (Å²) in [4.78, 5) is 30.9. The van der Waals surface area contributed by atoms with Crippen molar-refractivity contribution in [2.24, 2.45) is 5.10 Å². The Labute approximate surface area is 140 Å². The number of aryl methyl sites for hydroxylation is 1. The van der Waals surface area contributed by atoms with E-state index in [1.807, 2.05) is 20.8 Å². The molecule has 130 valence electrons. The van der Waals surface area contributed by atoms with Crippen LogP contribution in [0.1, 0.15) is 64.2 Å². The average Bonchev–Trinajstić information content (AvgIpc) is 3.23. The molecular weight excluding hydrogens is 310 g/mol. The van der Waals surface area contributed by atoms with Gasteiger partial charge in [-0.2, -0.15) is 10.1 Å². The van der Waals surface area contributed by atoms with E-state index in [1.165, 1.54) is 5.01 Å². The number of carbonyl (C=O) groups excluding carboxylic acids is 2. The highest BCUT2D eigenvalue weighted by Gasteiger charge is 2.37. The van der Waals surface area contributed by atoms with E-state index in [9.17, 15) is 9.59 Å². The first kappa shape index (κ1) is 16.6. The molecule has 0 bridgehead atoms. The zero-order chi connectivity index (χ0) is 17.3. The van der Waals surface area contributed by atoms with Gasteiger partial charge in [0.2, 0.25) is 11.8 Å². The van der Waals surface area contributed by atoms with Crippen LogP contribution in [0.15, 0.2) is 9.62 Å². The highest BCUT2D eigenvalue weighted by atomic mass is 16.5. The van der Waals surface area contributed by atoms with E-state index >= 15 is 0 Å². The molecule has 0 aliphatic carbocycles. The van der Waals surface area contributed by atoms with Gasteiger partial charge in [-0.05, 0) is 26.7 Å². The molecule has 1 fully saturated rings. The zero-order valence-electron chi connectivity index (χ0n) is 14.4. The van der Waals surface area contributed by atoms with E-state index in [1.54, 1.807) is 4.90 Å². The van der Waals surface area contributed by atoms with Crippen LogP contribution in [-0.4, -0.2) is 50.2 Å². The van der Waals surface area contributed by atoms with Crippen LogP contribution in [0.25, 0.3) is 0 Å². The summed E-state index contributed by atoms with van der Waals surface area (Å²) in [6, 6.07) is -0.228. The number of hydrogen-bond acceptors (Lipinski definition) is 6. The van der Waals surface area contributed by atoms with Crippen LogP contribution in [0.4, 0.5) is 0 Å². The fraction of sp³-hybridized carbons (Fsp3) is 0.688. The van der Waals surface area contributed by atoms with Crippen molar-refractivity contribution in [3.63, 3.8) is 0 Å². The third kappa shape index (κ3) is 3.05. The molecule has 0 aromatic carbocycles. The lowest BCUT2D eigenvalue weighted by molar-refractivity contribution is -0.133. The molecule has 8 heteroatoms. The molecule has 8 nitrogen and oxygen atoms in total. The maximum atomic E-state index is 12.9. The fourth-order valence-corrected chi connectivity index (χ4v) is 3.12. The minimum absolute atomic E-state index is 0.0368. The smallest absolute Gasteiger partial charge is 0.270 e. The van der Waals surface area contributed by atoms with Gasteiger partial charge < -0.3 is 9.42 Å². The van der Waals surface area contributed by atoms with Gasteiger partial charge in [-0.15, -0.1) is 0 Å². The van der Waals surface area contributed by atoms with Crippen molar-refractivity contribution in [1.82, 2.24) is 20.0 Å². The molecule has 1 aromatic heterocycles. The first-order chi connectivity index (χ1) is 11.5. The molecule has 0 unspecified atom stereocenters. The first-order valence-electron chi connectivity index (χ1n) is 8.54. The number of hydrogen-bond donors (Lipinski definition) is 0. The Hall–Kier alpha value is -2.25. The van der Waals surface area contributed by atoms with Gasteiger partial charge in [0.25, 0.3) is 5.91 Å². The lowest BCUT2D eigenvalue weighted by Gasteiger charge is -2.29. The molecular formula is C16H23N5O3. The molecule has 0 N–H and O–H groups in total. The molecule has 2 aliphatic rings. The number of likely N-dealkylation sites (tertiary alicyclic amines) is 1. The Morgan fingerprint density at radius 3 is 2.83 bits per heavy atom. The van der Waals surface area contributed by atoms with E-state index in [2.05, 4.69) is 15.2 Å². The predicted octanol–water partition coefficient (Wildman–Crippen LogP) is 1.68. The van der Waals surface area contributed by atoms with Crippen molar-refractivity contribution in [1.29, 1.82) is 0 Å². The summed E-state index contributed by atoms with van der Waals surface area (Å²) < 4.78 is 5.18. The normalized spacial score (nSPS) is 21.6. The number of hydrazone groups is 1. The van der Waals surface area contributed by atoms with Crippen molar-refractivity contribution in [3.05, 3.63) is 11.7 Å². The Balaban J connectivity index is 1.80. The van der Waals surface area contributed by atoms with E-state index in [0.717, 1.165) is 12.8 Å². The Bertz CT molecular complexity index is 666. The monoisotopic (exact) mass is 333 g/mol. The van der Waals surface area contributed by atoms with Crippen LogP contribution in [0, 0.1) is 0 Å². The summed E-state index contributed by atoms with van der Waals surface area (Å²) in [5.74, 6) is 0.977. The number of amides is 2. The minimum Gasteiger partial charge on any atom is -0.339 e. The summed E-state index contributed by atoms with van der Waals surface area (Å²) in [5, 5.41) is 9.73. The fourth-order valence-electron chi connectivity index (χ4n) is 3.12. The SMILES string of the molecule is CCc1nc([C@H]2CCCN2C(=O)C2=NN(C(C)C)C(=O)CC2)no1. The Kier molecular flexibility index (Phi) is 4.64. The maximum absolute atomic E-state index is 12.9. The van der Waals surface area contributed by atoms with Crippen molar-refractivity contribution in [2.45, 2.75) is 65.0 Å². The third-order valence-electron chi connectivity index (χ3n) is 4.39. The molecule has 2 aliphatic heterocycles. The van der Waals surface area contributed by atoms with E-state index in [-0.39, 0.29) is 23.9 Å². The minimum atomic E-state index is -0.172. The second-order valence-electron chi connectivity index (χ2n) is 6.44. The van der Waals surface area contributed by atoms with Crippen LogP contribution >= 0.6 is 0 Å². The van der Waals surface area contributed by atoms with Crippen molar-refractivity contribution in [2.75, 3.05) is 6.54 Å². The van der Waals surface area contributed by atoms with Gasteiger partial charge in [0.1, 0.15) is 5.71 Å². The van der Waals surface area contributed by atoms with Crippen LogP contribution in [-0.2, 0) is 16.0 Å². The van der Waals surface area contributed by atoms with Crippen LogP contribution < -0.4 is 0 Å². The van der Waals surface area contributed by atoms with Gasteiger partial charge in [0.15, 0.2) is 5.82 Å². The molecule has 0 radical (unpaired) electrons. The van der Waals surface area contributed by atoms with Gasteiger partial charge >= 0.3 is 0 Å². The first-order valence-corrected chi connectivity index (χ1v) is 8.54. The molecule has 1 saturated heterocycles. The van der Waals surface area contributed by atoms with Crippen LogP contribution in [0.3, 0.4) is 0 Å². The number of rotatable bonds is 4. The second-order valence-corrected chi connectivity index (χ2v) is 6.44. The quantitative estimate of drug-likeness (QED) is 0.836. The molecule has 1 aromatic rings. The van der Waals surface area contributed by atoms with E-state index < -0.39 is 0 Å². The van der Waals surface area contributed by atoms with Gasteiger partial charge in [-0.3, -0.25) is 9.59 Å². The second kappa shape index (κ2) is 6.70. The van der Waals surface area contributed by atoms with Gasteiger partial charge in [-0.1, -0.05) is 12.1 Å². The van der Waals surface area contributed by atoms with Crippen molar-refractivity contribution in [3.8, 4) is 0 Å². The van der Waals surface area contributed by atoms with Crippen molar-refractivity contribution < 1.29 is 14.1 Å². The highest BCUT2D eigenvalue weighted by Crippen LogP contribution is 2.31. The molecule has 24 heavy (non-hydrogen) atoms. The Morgan fingerprint density at radius 2 is 2.17 bits per heavy atom. The van der Waals surface area contributed by atoms with Gasteiger partial charge in [0.05, 0.1) is 6.04 Å². The molecule has 1 atom stereocenters. The number of carbonyl (C=O) groups is 2. The maximum Gasteiger partial charge on any atom is 0.270 e. The predicted molar refractivity (Wildman–Crippen MR) is 86.0 cm³/mol. The lowest BCUT2D eigenvalue weighted by atomic mass is 10.1. The Morgan fingerprint density at radius 1 is 1.38 bits per heavy atom. The molecule has 0 spiro atoms. The standard InChI is InChI=1S/C16H23N5O3/c1-4-13-17-15(19-24-13)12-6-5-9-20(12)16(23)11-7-8-14(22)21(18-11)10(2)3/h10,12H,4-9H2,1-3H3/t12-/m1/s1. The van der Waals surface area contributed by atoms with Crippen LogP contribution in [0.5, 0.6) is 0 Å². The highest BCUT2D eigenvalue weighted by molar-refractivity contribution is 6.39. The summed E-state index contributed by atoms with van der Waals surface area (Å²) in [6.45, 7) is 6.37. The number of nitrogens with zero attached hydrogens (tertiary/aromatic N) is 5. The summed E-state index contributed by atoms with van der Waals surface area (Å²) in [5.41, 5.74) is 0.439. The molecule has 3 rings (SSSR count). The van der Waals surface area contributed by atoms with Gasteiger partial charge in [0, 0.05) is 31.8 Å². The topological polar surface area (TPSA) is 91.9 Å². The average molecular weight is 333 g/mol. The van der Waals surface area contributed by atoms with E-state index in [4.69, 9.17) is 4.52 Å². The third-order valence-corrected chi connectivity index (χ3v) is 4.39. The largest absolute Gasteiger partial charge is 0.339 e. The van der Waals surface area contributed by atoms with Crippen LogP contribution in [0.2, 0.25) is 0 Å². The van der Waals surface area contributed by atoms with E-state index in [0.29, 0.717) is 43.2 Å². The number of aromatic nitrogens is 2. The summed E-state index contributed by atoms with van der Waals surface area (Å²) >= 11 is 0. The molecule has 3 heterocycles. The van der Waals surface area contributed by atoms with Gasteiger partial charge in [-0.25, -0.2) is 5.01 Å².